The molecule has 4 aromatic rings. The van der Waals surface area contributed by atoms with E-state index in [-0.39, 0.29) is 29.4 Å². The van der Waals surface area contributed by atoms with Crippen LogP contribution in [0.2, 0.25) is 0 Å². The highest BCUT2D eigenvalue weighted by molar-refractivity contribution is 6.00. The lowest BCUT2D eigenvalue weighted by Crippen LogP contribution is -2.43. The number of hydrogen-bond acceptors (Lipinski definition) is 5. The van der Waals surface area contributed by atoms with Crippen LogP contribution in [0, 0.1) is 11.6 Å². The number of nitrogens with one attached hydrogen (secondary N) is 1. The highest BCUT2D eigenvalue weighted by Crippen LogP contribution is 2.30. The van der Waals surface area contributed by atoms with Crippen molar-refractivity contribution in [1.82, 2.24) is 15.2 Å². The number of halogens is 2. The molecule has 3 aromatic carbocycles. The predicted molar refractivity (Wildman–Crippen MR) is 131 cm³/mol. The molecule has 1 aliphatic rings. The van der Waals surface area contributed by atoms with E-state index in [1.54, 1.807) is 54.6 Å². The van der Waals surface area contributed by atoms with Crippen molar-refractivity contribution < 1.29 is 22.7 Å². The summed E-state index contributed by atoms with van der Waals surface area (Å²) in [6.07, 6.45) is 1.45. The van der Waals surface area contributed by atoms with Gasteiger partial charge in [-0.3, -0.25) is 9.69 Å². The van der Waals surface area contributed by atoms with Gasteiger partial charge in [0.05, 0.1) is 36.6 Å². The molecule has 1 amide bonds. The molecule has 0 saturated carbocycles. The van der Waals surface area contributed by atoms with Gasteiger partial charge in [-0.05, 0) is 42.0 Å². The fraction of sp³-hybridized carbons (Fsp3) is 0.214. The summed E-state index contributed by atoms with van der Waals surface area (Å²) >= 11 is 0. The average molecular weight is 490 g/mol. The van der Waals surface area contributed by atoms with Gasteiger partial charge in [0.25, 0.3) is 5.91 Å². The van der Waals surface area contributed by atoms with Crippen molar-refractivity contribution in [2.24, 2.45) is 0 Å². The molecule has 0 aliphatic carbocycles. The van der Waals surface area contributed by atoms with Crippen LogP contribution in [0.5, 0.6) is 0 Å². The Hall–Kier alpha value is -3.88. The molecule has 1 N–H and O–H groups in total. The van der Waals surface area contributed by atoms with E-state index < -0.39 is 5.82 Å². The highest BCUT2D eigenvalue weighted by Gasteiger charge is 2.24. The summed E-state index contributed by atoms with van der Waals surface area (Å²) < 4.78 is 39.0. The SMILES string of the molecule is O=C(NCC(c1ccc(F)cc1)N1CCOCC1)c1ccccc1-c1ncc(-c2ccccc2F)o1. The third kappa shape index (κ3) is 5.19. The second-order valence-electron chi connectivity index (χ2n) is 8.48. The van der Waals surface area contributed by atoms with Gasteiger partial charge in [-0.25, -0.2) is 13.8 Å². The number of aromatic nitrogens is 1. The van der Waals surface area contributed by atoms with Gasteiger partial charge in [-0.1, -0.05) is 36.4 Å². The summed E-state index contributed by atoms with van der Waals surface area (Å²) in [6, 6.07) is 19.5. The summed E-state index contributed by atoms with van der Waals surface area (Å²) in [5.41, 5.74) is 2.10. The van der Waals surface area contributed by atoms with Crippen molar-refractivity contribution in [3.05, 3.63) is 102 Å². The van der Waals surface area contributed by atoms with Gasteiger partial charge < -0.3 is 14.5 Å². The fourth-order valence-electron chi connectivity index (χ4n) is 4.37. The number of rotatable bonds is 7. The zero-order valence-corrected chi connectivity index (χ0v) is 19.5. The molecule has 0 bridgehead atoms. The lowest BCUT2D eigenvalue weighted by atomic mass is 10.0. The number of nitrogens with zero attached hydrogens (tertiary/aromatic N) is 2. The normalized spacial score (nSPS) is 14.9. The molecule has 6 nitrogen and oxygen atoms in total. The molecule has 1 atom stereocenters. The maximum atomic E-state index is 14.2. The quantitative estimate of drug-likeness (QED) is 0.392. The number of carbonyl (C=O) groups excluding carboxylic acids is 1. The number of morpholine rings is 1. The van der Waals surface area contributed by atoms with Gasteiger partial charge in [0.15, 0.2) is 5.76 Å². The van der Waals surface area contributed by atoms with Crippen molar-refractivity contribution >= 4 is 5.91 Å². The van der Waals surface area contributed by atoms with E-state index in [9.17, 15) is 13.6 Å². The Bertz CT molecular complexity index is 1330. The number of amides is 1. The third-order valence-electron chi connectivity index (χ3n) is 6.24. The second kappa shape index (κ2) is 10.8. The zero-order valence-electron chi connectivity index (χ0n) is 19.5. The van der Waals surface area contributed by atoms with Crippen LogP contribution in [-0.2, 0) is 4.74 Å². The minimum Gasteiger partial charge on any atom is -0.436 e. The van der Waals surface area contributed by atoms with Crippen molar-refractivity contribution in [3.8, 4) is 22.8 Å². The Morgan fingerprint density at radius 2 is 1.64 bits per heavy atom. The zero-order chi connectivity index (χ0) is 24.9. The number of oxazole rings is 1. The van der Waals surface area contributed by atoms with Crippen LogP contribution in [-0.4, -0.2) is 48.6 Å². The van der Waals surface area contributed by atoms with Crippen LogP contribution >= 0.6 is 0 Å². The van der Waals surface area contributed by atoms with E-state index >= 15 is 0 Å². The van der Waals surface area contributed by atoms with Gasteiger partial charge in [-0.15, -0.1) is 0 Å². The van der Waals surface area contributed by atoms with Crippen LogP contribution < -0.4 is 5.32 Å². The van der Waals surface area contributed by atoms with E-state index in [2.05, 4.69) is 15.2 Å². The highest BCUT2D eigenvalue weighted by atomic mass is 19.1. The van der Waals surface area contributed by atoms with Crippen LogP contribution in [0.4, 0.5) is 8.78 Å². The van der Waals surface area contributed by atoms with E-state index in [0.717, 1.165) is 5.56 Å². The summed E-state index contributed by atoms with van der Waals surface area (Å²) in [6.45, 7) is 2.95. The smallest absolute Gasteiger partial charge is 0.252 e. The Kier molecular flexibility index (Phi) is 7.16. The Morgan fingerprint density at radius 3 is 2.39 bits per heavy atom. The first-order valence-corrected chi connectivity index (χ1v) is 11.8. The van der Waals surface area contributed by atoms with Crippen molar-refractivity contribution in [2.45, 2.75) is 6.04 Å². The molecule has 8 heteroatoms. The van der Waals surface area contributed by atoms with E-state index in [4.69, 9.17) is 9.15 Å². The van der Waals surface area contributed by atoms with Crippen molar-refractivity contribution in [2.75, 3.05) is 32.8 Å². The van der Waals surface area contributed by atoms with Crippen LogP contribution in [0.3, 0.4) is 0 Å². The molecule has 1 unspecified atom stereocenters. The molecule has 2 heterocycles. The first kappa shape index (κ1) is 23.8. The Labute approximate surface area is 207 Å². The molecule has 1 fully saturated rings. The first-order valence-electron chi connectivity index (χ1n) is 11.8. The molecule has 1 aliphatic heterocycles. The monoisotopic (exact) mass is 489 g/mol. The number of benzene rings is 3. The van der Waals surface area contributed by atoms with Gasteiger partial charge in [-0.2, -0.15) is 0 Å². The van der Waals surface area contributed by atoms with Crippen LogP contribution in [0.1, 0.15) is 22.0 Å². The molecular formula is C28H25F2N3O3. The molecule has 36 heavy (non-hydrogen) atoms. The number of ether oxygens (including phenoxy) is 1. The van der Waals surface area contributed by atoms with Crippen LogP contribution in [0.25, 0.3) is 22.8 Å². The van der Waals surface area contributed by atoms with E-state index in [1.165, 1.54) is 24.4 Å². The minimum absolute atomic E-state index is 0.139. The van der Waals surface area contributed by atoms with Gasteiger partial charge in [0.1, 0.15) is 11.6 Å². The summed E-state index contributed by atoms with van der Waals surface area (Å²) in [5.74, 6) is -0.514. The summed E-state index contributed by atoms with van der Waals surface area (Å²) in [5, 5.41) is 3.02. The fourth-order valence-corrected chi connectivity index (χ4v) is 4.37. The largest absolute Gasteiger partial charge is 0.436 e. The molecule has 184 valence electrons. The minimum atomic E-state index is -0.416. The molecule has 1 aromatic heterocycles. The molecule has 5 rings (SSSR count). The number of hydrogen-bond donors (Lipinski definition) is 1. The lowest BCUT2D eigenvalue weighted by Gasteiger charge is -2.35. The molecule has 0 radical (unpaired) electrons. The summed E-state index contributed by atoms with van der Waals surface area (Å²) in [4.78, 5) is 19.8. The summed E-state index contributed by atoms with van der Waals surface area (Å²) in [7, 11) is 0. The first-order chi connectivity index (χ1) is 17.6. The Balaban J connectivity index is 1.37. The predicted octanol–water partition coefficient (Wildman–Crippen LogP) is 5.09. The average Bonchev–Trinajstić information content (AvgIpc) is 3.40. The standard InChI is InChI=1S/C28H25F2N3O3/c29-20-11-9-19(10-12-20)25(33-13-15-35-16-14-33)17-31-27(34)21-5-1-2-6-22(21)28-32-18-26(36-28)23-7-3-4-8-24(23)30/h1-12,18,25H,13-17H2,(H,31,34). The van der Waals surface area contributed by atoms with Crippen molar-refractivity contribution in [3.63, 3.8) is 0 Å². The molecule has 0 spiro atoms. The van der Waals surface area contributed by atoms with Crippen LogP contribution in [0.15, 0.2) is 83.4 Å². The topological polar surface area (TPSA) is 67.6 Å². The maximum absolute atomic E-state index is 14.2. The molecule has 1 saturated heterocycles. The Morgan fingerprint density at radius 1 is 0.944 bits per heavy atom. The van der Waals surface area contributed by atoms with Gasteiger partial charge >= 0.3 is 0 Å². The van der Waals surface area contributed by atoms with Gasteiger partial charge in [0.2, 0.25) is 5.89 Å². The van der Waals surface area contributed by atoms with Crippen molar-refractivity contribution in [1.29, 1.82) is 0 Å². The third-order valence-corrected chi connectivity index (χ3v) is 6.24. The van der Waals surface area contributed by atoms with Gasteiger partial charge in [0, 0.05) is 25.2 Å². The van der Waals surface area contributed by atoms with E-state index in [1.807, 2.05) is 0 Å². The second-order valence-corrected chi connectivity index (χ2v) is 8.48. The number of carbonyl (C=O) groups is 1. The van der Waals surface area contributed by atoms with E-state index in [0.29, 0.717) is 49.5 Å². The lowest BCUT2D eigenvalue weighted by molar-refractivity contribution is 0.0162. The molecular weight excluding hydrogens is 464 g/mol. The maximum Gasteiger partial charge on any atom is 0.252 e.